The molecule has 0 aliphatic rings. The van der Waals surface area contributed by atoms with Crippen LogP contribution >= 0.6 is 31.9 Å². The van der Waals surface area contributed by atoms with Crippen molar-refractivity contribution in [1.82, 2.24) is 4.98 Å². The van der Waals surface area contributed by atoms with Gasteiger partial charge in [0.15, 0.2) is 0 Å². The van der Waals surface area contributed by atoms with Gasteiger partial charge in [-0.25, -0.2) is 22.3 Å². The van der Waals surface area contributed by atoms with E-state index in [4.69, 9.17) is 5.14 Å². The van der Waals surface area contributed by atoms with Crippen LogP contribution in [0.3, 0.4) is 0 Å². The Morgan fingerprint density at radius 3 is 2.31 bits per heavy atom. The zero-order chi connectivity index (χ0) is 19.1. The van der Waals surface area contributed by atoms with Crippen LogP contribution in [0.1, 0.15) is 0 Å². The standard InChI is InChI=1S/C17H10Br2F2N2O2S/c18-12-4-3-9(6-13(12)19)17-10(2-1-5-23-17)11-7-15(21)16(8-14(11)20)26(22,24)25/h1-8H,(H2,22,24,25). The highest BCUT2D eigenvalue weighted by molar-refractivity contribution is 9.13. The fourth-order valence-corrected chi connectivity index (χ4v) is 3.67. The third-order valence-electron chi connectivity index (χ3n) is 3.62. The Morgan fingerprint density at radius 2 is 1.65 bits per heavy atom. The van der Waals surface area contributed by atoms with Gasteiger partial charge in [0.1, 0.15) is 16.5 Å². The van der Waals surface area contributed by atoms with Gasteiger partial charge in [0, 0.05) is 31.8 Å². The van der Waals surface area contributed by atoms with Crippen LogP contribution in [0.5, 0.6) is 0 Å². The number of sulfonamides is 1. The Balaban J connectivity index is 2.23. The lowest BCUT2D eigenvalue weighted by atomic mass is 9.99. The predicted molar refractivity (Wildman–Crippen MR) is 102 cm³/mol. The van der Waals surface area contributed by atoms with Gasteiger partial charge in [-0.1, -0.05) is 12.1 Å². The number of halogens is 4. The molecule has 1 heterocycles. The highest BCUT2D eigenvalue weighted by Gasteiger charge is 2.21. The van der Waals surface area contributed by atoms with Crippen molar-refractivity contribution in [1.29, 1.82) is 0 Å². The molecule has 0 saturated heterocycles. The van der Waals surface area contributed by atoms with Gasteiger partial charge in [-0.2, -0.15) is 0 Å². The highest BCUT2D eigenvalue weighted by Crippen LogP contribution is 2.36. The van der Waals surface area contributed by atoms with E-state index in [0.717, 1.165) is 15.0 Å². The van der Waals surface area contributed by atoms with E-state index in [1.54, 1.807) is 30.3 Å². The fourth-order valence-electron chi connectivity index (χ4n) is 2.45. The van der Waals surface area contributed by atoms with Gasteiger partial charge in [-0.3, -0.25) is 4.98 Å². The van der Waals surface area contributed by atoms with Crippen molar-refractivity contribution in [2.24, 2.45) is 5.14 Å². The molecule has 26 heavy (non-hydrogen) atoms. The van der Waals surface area contributed by atoms with E-state index >= 15 is 0 Å². The average molecular weight is 504 g/mol. The Hall–Kier alpha value is -1.68. The number of hydrogen-bond acceptors (Lipinski definition) is 3. The molecule has 0 unspecified atom stereocenters. The van der Waals surface area contributed by atoms with Crippen molar-refractivity contribution in [2.75, 3.05) is 0 Å². The molecule has 0 saturated carbocycles. The maximum Gasteiger partial charge on any atom is 0.241 e. The molecular formula is C17H10Br2F2N2O2S. The highest BCUT2D eigenvalue weighted by atomic mass is 79.9. The molecule has 2 aromatic carbocycles. The summed E-state index contributed by atoms with van der Waals surface area (Å²) in [7, 11) is -4.37. The number of aromatic nitrogens is 1. The van der Waals surface area contributed by atoms with Gasteiger partial charge in [0.05, 0.1) is 5.69 Å². The number of hydrogen-bond donors (Lipinski definition) is 1. The summed E-state index contributed by atoms with van der Waals surface area (Å²) in [4.78, 5) is 3.38. The van der Waals surface area contributed by atoms with E-state index in [1.165, 1.54) is 6.20 Å². The molecule has 1 aromatic heterocycles. The van der Waals surface area contributed by atoms with Crippen LogP contribution in [0.4, 0.5) is 8.78 Å². The van der Waals surface area contributed by atoms with E-state index in [0.29, 0.717) is 22.9 Å². The lowest BCUT2D eigenvalue weighted by Gasteiger charge is -2.12. The minimum Gasteiger partial charge on any atom is -0.256 e. The first-order valence-electron chi connectivity index (χ1n) is 7.11. The van der Waals surface area contributed by atoms with Crippen LogP contribution in [-0.2, 0) is 10.0 Å². The van der Waals surface area contributed by atoms with Crippen LogP contribution in [0.15, 0.2) is 62.5 Å². The molecule has 9 heteroatoms. The van der Waals surface area contributed by atoms with E-state index in [2.05, 4.69) is 36.8 Å². The van der Waals surface area contributed by atoms with E-state index in [1.807, 2.05) is 0 Å². The summed E-state index contributed by atoms with van der Waals surface area (Å²) in [6.45, 7) is 0. The maximum absolute atomic E-state index is 14.6. The van der Waals surface area contributed by atoms with Crippen molar-refractivity contribution in [3.05, 3.63) is 69.2 Å². The largest absolute Gasteiger partial charge is 0.256 e. The molecule has 0 atom stereocenters. The monoisotopic (exact) mass is 502 g/mol. The Morgan fingerprint density at radius 1 is 0.923 bits per heavy atom. The molecule has 0 bridgehead atoms. The van der Waals surface area contributed by atoms with Gasteiger partial charge in [0.25, 0.3) is 0 Å². The van der Waals surface area contributed by atoms with E-state index in [-0.39, 0.29) is 5.56 Å². The summed E-state index contributed by atoms with van der Waals surface area (Å²) in [5, 5.41) is 4.91. The third kappa shape index (κ3) is 3.71. The number of rotatable bonds is 3. The summed E-state index contributed by atoms with van der Waals surface area (Å²) >= 11 is 6.76. The molecule has 0 fully saturated rings. The van der Waals surface area contributed by atoms with Crippen molar-refractivity contribution < 1.29 is 17.2 Å². The van der Waals surface area contributed by atoms with E-state index < -0.39 is 26.6 Å². The SMILES string of the molecule is NS(=O)(=O)c1cc(F)c(-c2cccnc2-c2ccc(Br)c(Br)c2)cc1F. The summed E-state index contributed by atoms with van der Waals surface area (Å²) in [6, 6.07) is 9.89. The predicted octanol–water partition coefficient (Wildman–Crippen LogP) is 4.87. The quantitative estimate of drug-likeness (QED) is 0.554. The summed E-state index contributed by atoms with van der Waals surface area (Å²) < 4.78 is 53.1. The fraction of sp³-hybridized carbons (Fsp3) is 0. The smallest absolute Gasteiger partial charge is 0.241 e. The van der Waals surface area contributed by atoms with Crippen LogP contribution in [-0.4, -0.2) is 13.4 Å². The molecule has 0 amide bonds. The summed E-state index contributed by atoms with van der Waals surface area (Å²) in [6.07, 6.45) is 1.53. The zero-order valence-electron chi connectivity index (χ0n) is 12.9. The Bertz CT molecular complexity index is 1120. The number of nitrogens with two attached hydrogens (primary N) is 1. The lowest BCUT2D eigenvalue weighted by Crippen LogP contribution is -2.14. The molecule has 0 aliphatic carbocycles. The van der Waals surface area contributed by atoms with Gasteiger partial charge in [-0.05, 0) is 62.2 Å². The minimum atomic E-state index is -4.37. The summed E-state index contributed by atoms with van der Waals surface area (Å²) in [5.74, 6) is -2.04. The first kappa shape index (κ1) is 19.1. The number of primary sulfonamides is 1. The lowest BCUT2D eigenvalue weighted by molar-refractivity contribution is 0.555. The topological polar surface area (TPSA) is 73.1 Å². The summed E-state index contributed by atoms with van der Waals surface area (Å²) in [5.41, 5.74) is 1.30. The number of benzene rings is 2. The molecule has 2 N–H and O–H groups in total. The second kappa shape index (κ2) is 7.15. The molecular weight excluding hydrogens is 494 g/mol. The molecule has 0 aliphatic heterocycles. The van der Waals surface area contributed by atoms with Crippen LogP contribution in [0, 0.1) is 11.6 Å². The molecule has 3 aromatic rings. The van der Waals surface area contributed by atoms with Crippen LogP contribution in [0.2, 0.25) is 0 Å². The van der Waals surface area contributed by atoms with E-state index in [9.17, 15) is 17.2 Å². The van der Waals surface area contributed by atoms with Gasteiger partial charge < -0.3 is 0 Å². The third-order valence-corrected chi connectivity index (χ3v) is 6.42. The zero-order valence-corrected chi connectivity index (χ0v) is 16.9. The first-order chi connectivity index (χ1) is 12.2. The van der Waals surface area contributed by atoms with Crippen LogP contribution in [0.25, 0.3) is 22.4 Å². The number of nitrogens with zero attached hydrogens (tertiary/aromatic N) is 1. The molecule has 3 rings (SSSR count). The van der Waals surface area contributed by atoms with Crippen molar-refractivity contribution in [3.63, 3.8) is 0 Å². The average Bonchev–Trinajstić information content (AvgIpc) is 2.58. The van der Waals surface area contributed by atoms with Crippen molar-refractivity contribution >= 4 is 41.9 Å². The normalized spacial score (nSPS) is 11.6. The van der Waals surface area contributed by atoms with Gasteiger partial charge in [-0.15, -0.1) is 0 Å². The maximum atomic E-state index is 14.6. The Kier molecular flexibility index (Phi) is 5.25. The molecule has 4 nitrogen and oxygen atoms in total. The Labute approximate surface area is 165 Å². The second-order valence-electron chi connectivity index (χ2n) is 5.34. The first-order valence-corrected chi connectivity index (χ1v) is 10.2. The van der Waals surface area contributed by atoms with Crippen molar-refractivity contribution in [3.8, 4) is 22.4 Å². The molecule has 134 valence electrons. The van der Waals surface area contributed by atoms with Gasteiger partial charge in [0.2, 0.25) is 10.0 Å². The number of pyridine rings is 1. The van der Waals surface area contributed by atoms with Gasteiger partial charge >= 0.3 is 0 Å². The minimum absolute atomic E-state index is 0.114. The van der Waals surface area contributed by atoms with Crippen molar-refractivity contribution in [2.45, 2.75) is 4.90 Å². The molecule has 0 spiro atoms. The van der Waals surface area contributed by atoms with Crippen LogP contribution < -0.4 is 5.14 Å². The molecule has 0 radical (unpaired) electrons. The second-order valence-corrected chi connectivity index (χ2v) is 8.57.